The van der Waals surface area contributed by atoms with E-state index in [0.717, 1.165) is 0 Å². The predicted molar refractivity (Wildman–Crippen MR) is 55.7 cm³/mol. The molecule has 0 aromatic heterocycles. The Morgan fingerprint density at radius 2 is 1.89 bits per heavy atom. The summed E-state index contributed by atoms with van der Waals surface area (Å²) in [5, 5.41) is 49.9. The second-order valence-electron chi connectivity index (χ2n) is 3.66. The van der Waals surface area contributed by atoms with Crippen LogP contribution in [-0.2, 0) is 13.9 Å². The van der Waals surface area contributed by atoms with Gasteiger partial charge in [-0.25, -0.2) is 9.36 Å². The fourth-order valence-corrected chi connectivity index (χ4v) is 1.39. The van der Waals surface area contributed by atoms with Gasteiger partial charge in [0.25, 0.3) is 1.43 Å². The Morgan fingerprint density at radius 1 is 1.37 bits per heavy atom. The molecule has 0 saturated heterocycles. The molecule has 12 heteroatoms. The Kier molecular flexibility index (Phi) is 5.80. The quantitative estimate of drug-likeness (QED) is 0.203. The lowest BCUT2D eigenvalue weighted by Gasteiger charge is -2.32. The fraction of sp³-hybridized carbons (Fsp3) is 0.857. The first-order valence-electron chi connectivity index (χ1n) is 5.15. The number of hydrogen-bond donors (Lipinski definition) is 8. The third-order valence-corrected chi connectivity index (χ3v) is 2.70. The molecule has 0 heterocycles. The molecule has 0 saturated carbocycles. The smallest absolute Gasteiger partial charge is 0.469 e. The van der Waals surface area contributed by atoms with Gasteiger partial charge >= 0.3 is 13.8 Å². The number of phosphoric ester groups is 1. The highest BCUT2D eigenvalue weighted by Gasteiger charge is 2.48. The van der Waals surface area contributed by atoms with Crippen LogP contribution < -0.4 is 0 Å². The first kappa shape index (κ1) is 16.4. The van der Waals surface area contributed by atoms with Gasteiger partial charge in [0.2, 0.25) is 5.60 Å². The lowest BCUT2D eigenvalue weighted by atomic mass is 9.91. The number of rotatable bonds is 8. The third-order valence-electron chi connectivity index (χ3n) is 2.22. The van der Waals surface area contributed by atoms with Crippen molar-refractivity contribution in [2.24, 2.45) is 0 Å². The zero-order valence-electron chi connectivity index (χ0n) is 10.4. The number of aliphatic carboxylic acids is 1. The van der Waals surface area contributed by atoms with Crippen LogP contribution in [0.4, 0.5) is 0 Å². The Hall–Kier alpha value is -0.620. The van der Waals surface area contributed by atoms with E-state index in [-0.39, 0.29) is 0 Å². The van der Waals surface area contributed by atoms with E-state index in [0.29, 0.717) is 0 Å². The molecule has 8 N–H and O–H groups in total. The summed E-state index contributed by atoms with van der Waals surface area (Å²) in [4.78, 5) is 27.8. The summed E-state index contributed by atoms with van der Waals surface area (Å²) < 4.78 is 20.5. The number of carbonyl (C=O) groups is 1. The van der Waals surface area contributed by atoms with Gasteiger partial charge in [-0.15, -0.1) is 0 Å². The average molecular weight is 307 g/mol. The molecule has 0 amide bonds. The molecule has 0 aliphatic rings. The number of aliphatic hydroxyl groups excluding tert-OH is 4. The molecular formula is C7H15O11P. The van der Waals surface area contributed by atoms with E-state index in [2.05, 4.69) is 9.63 Å². The first-order chi connectivity index (χ1) is 8.99. The number of carboxylic acid groups (broad SMARTS) is 1. The topological polar surface area (TPSA) is 205 Å². The largest absolute Gasteiger partial charge is 0.479 e. The number of hydrogen-bond acceptors (Lipinski definition) is 9. The molecule has 0 aliphatic heterocycles. The summed E-state index contributed by atoms with van der Waals surface area (Å²) in [5.74, 6) is -1.81. The summed E-state index contributed by atoms with van der Waals surface area (Å²) in [6, 6.07) is 0. The van der Waals surface area contributed by atoms with Gasteiger partial charge < -0.3 is 40.4 Å². The molecule has 4 atom stereocenters. The fourth-order valence-electron chi connectivity index (χ4n) is 1.04. The van der Waals surface area contributed by atoms with Gasteiger partial charge in [-0.1, -0.05) is 0 Å². The van der Waals surface area contributed by atoms with Gasteiger partial charge in [0.05, 0.1) is 13.2 Å². The van der Waals surface area contributed by atoms with Gasteiger partial charge in [-0.2, -0.15) is 0 Å². The van der Waals surface area contributed by atoms with Gasteiger partial charge in [0, 0.05) is 0 Å². The SMILES string of the molecule is [2H]OC(=O)[C@](O)(CO)[C@@H](O)[C@H](O)[C@H](O)COP(=O)(O)O. The predicted octanol–water partition coefficient (Wildman–Crippen LogP) is -4.01. The van der Waals surface area contributed by atoms with E-state index in [1.807, 2.05) is 0 Å². The number of aliphatic hydroxyl groups is 5. The molecular weight excluding hydrogens is 291 g/mol. The molecule has 0 bridgehead atoms. The average Bonchev–Trinajstić information content (AvgIpc) is 2.40. The normalized spacial score (nSPS) is 20.9. The van der Waals surface area contributed by atoms with E-state index in [1.165, 1.54) is 0 Å². The molecule has 0 fully saturated rings. The van der Waals surface area contributed by atoms with Gasteiger partial charge in [-0.05, 0) is 0 Å². The summed E-state index contributed by atoms with van der Waals surface area (Å²) in [6.07, 6.45) is -6.97. The maximum Gasteiger partial charge on any atom is 0.469 e. The molecule has 0 aromatic carbocycles. The second kappa shape index (κ2) is 6.70. The van der Waals surface area contributed by atoms with Crippen LogP contribution in [0.3, 0.4) is 0 Å². The minimum absolute atomic E-state index is 1.14. The Morgan fingerprint density at radius 3 is 2.26 bits per heavy atom. The molecule has 0 aliphatic carbocycles. The zero-order valence-corrected chi connectivity index (χ0v) is 10.3. The highest BCUT2D eigenvalue weighted by molar-refractivity contribution is 7.46. The highest BCUT2D eigenvalue weighted by Crippen LogP contribution is 2.36. The van der Waals surface area contributed by atoms with Crippen LogP contribution in [0.15, 0.2) is 0 Å². The molecule has 0 rings (SSSR count). The maximum atomic E-state index is 11.0. The molecule has 11 nitrogen and oxygen atoms in total. The van der Waals surface area contributed by atoms with Crippen molar-refractivity contribution in [3.05, 3.63) is 0 Å². The summed E-state index contributed by atoms with van der Waals surface area (Å²) in [6.45, 7) is -2.59. The van der Waals surface area contributed by atoms with E-state index in [9.17, 15) is 29.8 Å². The van der Waals surface area contributed by atoms with Crippen LogP contribution in [0.5, 0.6) is 0 Å². The molecule has 114 valence electrons. The van der Waals surface area contributed by atoms with E-state index in [4.69, 9.17) is 16.3 Å². The second-order valence-corrected chi connectivity index (χ2v) is 4.90. The van der Waals surface area contributed by atoms with Crippen molar-refractivity contribution in [2.45, 2.75) is 23.9 Å². The van der Waals surface area contributed by atoms with Gasteiger partial charge in [0.1, 0.15) is 18.3 Å². The third kappa shape index (κ3) is 5.10. The van der Waals surface area contributed by atoms with Crippen LogP contribution in [-0.4, -0.2) is 83.5 Å². The minimum atomic E-state index is -4.95. The van der Waals surface area contributed by atoms with Crippen LogP contribution in [0.2, 0.25) is 0 Å². The Bertz CT molecular complexity index is 372. The molecule has 19 heavy (non-hydrogen) atoms. The van der Waals surface area contributed by atoms with E-state index >= 15 is 0 Å². The summed E-state index contributed by atoms with van der Waals surface area (Å²) in [5.41, 5.74) is -3.11. The maximum absolute atomic E-state index is 11.0. The number of carboxylic acids is 1. The van der Waals surface area contributed by atoms with Crippen molar-refractivity contribution in [3.63, 3.8) is 0 Å². The van der Waals surface area contributed by atoms with Crippen LogP contribution in [0.1, 0.15) is 0 Å². The van der Waals surface area contributed by atoms with E-state index in [1.54, 1.807) is 0 Å². The first-order valence-corrected chi connectivity index (χ1v) is 6.27. The van der Waals surface area contributed by atoms with Crippen molar-refractivity contribution >= 4 is 13.8 Å². The molecule has 0 radical (unpaired) electrons. The summed E-state index contributed by atoms with van der Waals surface area (Å²) in [7, 11) is -4.95. The minimum Gasteiger partial charge on any atom is -0.479 e. The molecule has 0 spiro atoms. The lowest BCUT2D eigenvalue weighted by molar-refractivity contribution is -0.198. The van der Waals surface area contributed by atoms with Gasteiger partial charge in [-0.3, -0.25) is 4.52 Å². The van der Waals surface area contributed by atoms with Crippen molar-refractivity contribution in [3.8, 4) is 0 Å². The Labute approximate surface area is 108 Å². The van der Waals surface area contributed by atoms with Crippen molar-refractivity contribution in [2.75, 3.05) is 13.2 Å². The van der Waals surface area contributed by atoms with E-state index < -0.39 is 50.9 Å². The Balaban J connectivity index is 4.85. The monoisotopic (exact) mass is 307 g/mol. The van der Waals surface area contributed by atoms with Crippen LogP contribution >= 0.6 is 7.82 Å². The standard InChI is InChI=1S/C7H15O11P/c8-2-7(14,6(12)13)5(11)4(10)3(9)1-18-19(15,16)17/h3-5,8-11,14H,1-2H2,(H,12,13)(H2,15,16,17)/t3-,4-,5+,7+/m1/s1/i/hD. The van der Waals surface area contributed by atoms with Crippen molar-refractivity contribution in [1.29, 1.82) is 1.43 Å². The van der Waals surface area contributed by atoms with Gasteiger partial charge in [0.15, 0.2) is 0 Å². The van der Waals surface area contributed by atoms with Crippen LogP contribution in [0.25, 0.3) is 1.43 Å². The summed E-state index contributed by atoms with van der Waals surface area (Å²) >= 11 is 0. The van der Waals surface area contributed by atoms with Crippen molar-refractivity contribution < 1.29 is 54.3 Å². The van der Waals surface area contributed by atoms with Crippen molar-refractivity contribution in [1.82, 2.24) is 0 Å². The molecule has 0 unspecified atom stereocenters. The lowest BCUT2D eigenvalue weighted by Crippen LogP contribution is -2.60. The van der Waals surface area contributed by atoms with Crippen LogP contribution in [0, 0.1) is 0 Å². The zero-order chi connectivity index (χ0) is 16.1. The number of phosphoric acid groups is 1. The highest BCUT2D eigenvalue weighted by atomic mass is 31.2. The molecule has 0 aromatic rings.